The van der Waals surface area contributed by atoms with E-state index in [1.807, 2.05) is 25.1 Å². The van der Waals surface area contributed by atoms with Gasteiger partial charge in [0, 0.05) is 31.3 Å². The highest BCUT2D eigenvalue weighted by atomic mass is 16.5. The number of benzene rings is 1. The number of anilines is 1. The number of carbonyl (C=O) groups is 3. The molecule has 1 fully saturated rings. The predicted molar refractivity (Wildman–Crippen MR) is 125 cm³/mol. The van der Waals surface area contributed by atoms with Crippen LogP contribution in [-0.2, 0) is 20.8 Å². The smallest absolute Gasteiger partial charge is 0.202 e. The van der Waals surface area contributed by atoms with Crippen LogP contribution in [0.2, 0.25) is 0 Å². The summed E-state index contributed by atoms with van der Waals surface area (Å²) in [6.45, 7) is 1.11. The van der Waals surface area contributed by atoms with Gasteiger partial charge >= 0.3 is 0 Å². The number of rotatable bonds is 4. The van der Waals surface area contributed by atoms with Crippen LogP contribution in [0.3, 0.4) is 0 Å². The lowest BCUT2D eigenvalue weighted by molar-refractivity contribution is -0.153. The zero-order valence-corrected chi connectivity index (χ0v) is 20.2. The fraction of sp³-hybridized carbons (Fsp3) is 0.480. The van der Waals surface area contributed by atoms with Crippen LogP contribution in [0.25, 0.3) is 5.76 Å². The molecule has 0 bridgehead atoms. The van der Waals surface area contributed by atoms with E-state index in [1.54, 1.807) is 25.1 Å². The number of fused-ring (bicyclic) bond motifs is 3. The van der Waals surface area contributed by atoms with Crippen molar-refractivity contribution >= 4 is 28.8 Å². The van der Waals surface area contributed by atoms with Gasteiger partial charge in [-0.3, -0.25) is 19.3 Å². The Morgan fingerprint density at radius 2 is 1.79 bits per heavy atom. The molecule has 0 aliphatic heterocycles. The van der Waals surface area contributed by atoms with Gasteiger partial charge in [0.25, 0.3) is 0 Å². The maximum Gasteiger partial charge on any atom is 0.202 e. The Morgan fingerprint density at radius 1 is 1.15 bits per heavy atom. The zero-order chi connectivity index (χ0) is 25.3. The zero-order valence-electron chi connectivity index (χ0n) is 20.2. The number of hydrogen-bond donors (Lipinski definition) is 3. The van der Waals surface area contributed by atoms with Crippen molar-refractivity contribution in [1.29, 1.82) is 0 Å². The van der Waals surface area contributed by atoms with Crippen LogP contribution in [0.15, 0.2) is 29.0 Å². The minimum atomic E-state index is -2.51. The first-order valence-corrected chi connectivity index (χ1v) is 11.1. The molecule has 34 heavy (non-hydrogen) atoms. The highest BCUT2D eigenvalue weighted by molar-refractivity contribution is 6.25. The molecule has 9 heteroatoms. The van der Waals surface area contributed by atoms with Crippen molar-refractivity contribution in [2.24, 2.45) is 11.8 Å². The van der Waals surface area contributed by atoms with Crippen molar-refractivity contribution in [3.05, 3.63) is 40.2 Å². The predicted octanol–water partition coefficient (Wildman–Crippen LogP) is 1.44. The summed E-state index contributed by atoms with van der Waals surface area (Å²) in [6, 6.07) is 2.58. The molecule has 0 amide bonds. The van der Waals surface area contributed by atoms with Gasteiger partial charge in [0.1, 0.15) is 22.8 Å². The first kappa shape index (κ1) is 24.0. The number of Topliss-reactive ketones (excluding diaryl/α,β-unsaturated/α-hetero) is 3. The molecule has 0 spiro atoms. The molecule has 3 N–H and O–H groups in total. The molecular formula is C25H30N2O7. The van der Waals surface area contributed by atoms with Crippen molar-refractivity contribution in [3.63, 3.8) is 0 Å². The number of hydrogen-bond acceptors (Lipinski definition) is 9. The van der Waals surface area contributed by atoms with Gasteiger partial charge in [-0.25, -0.2) is 0 Å². The first-order valence-electron chi connectivity index (χ1n) is 11.1. The highest BCUT2D eigenvalue weighted by Gasteiger charge is 2.64. The van der Waals surface area contributed by atoms with E-state index >= 15 is 0 Å². The molecule has 0 saturated heterocycles. The van der Waals surface area contributed by atoms with Crippen LogP contribution < -0.4 is 9.64 Å². The Bertz CT molecular complexity index is 1180. The number of carbonyl (C=O) groups excluding carboxylic acids is 3. The maximum atomic E-state index is 13.9. The van der Waals surface area contributed by atoms with Crippen molar-refractivity contribution in [1.82, 2.24) is 4.90 Å². The van der Waals surface area contributed by atoms with Gasteiger partial charge in [0.15, 0.2) is 17.2 Å². The van der Waals surface area contributed by atoms with Gasteiger partial charge in [-0.2, -0.15) is 0 Å². The summed E-state index contributed by atoms with van der Waals surface area (Å²) in [6.07, 6.45) is 0.519. The molecule has 9 nitrogen and oxygen atoms in total. The van der Waals surface area contributed by atoms with Crippen molar-refractivity contribution in [3.8, 4) is 5.75 Å². The minimum Gasteiger partial charge on any atom is -0.508 e. The number of nitrogens with zero attached hydrogens (tertiary/aromatic N) is 2. The van der Waals surface area contributed by atoms with Crippen LogP contribution in [0, 0.1) is 11.8 Å². The lowest BCUT2D eigenvalue weighted by Crippen LogP contribution is -2.65. The van der Waals surface area contributed by atoms with Crippen molar-refractivity contribution in [2.45, 2.75) is 31.4 Å². The van der Waals surface area contributed by atoms with Crippen LogP contribution in [0.5, 0.6) is 5.75 Å². The highest BCUT2D eigenvalue weighted by Crippen LogP contribution is 2.53. The summed E-state index contributed by atoms with van der Waals surface area (Å²) >= 11 is 0. The van der Waals surface area contributed by atoms with Crippen LogP contribution in [0.4, 0.5) is 5.69 Å². The van der Waals surface area contributed by atoms with E-state index in [4.69, 9.17) is 4.74 Å². The van der Waals surface area contributed by atoms with E-state index in [0.29, 0.717) is 17.7 Å². The number of aliphatic hydroxyl groups excluding tert-OH is 2. The van der Waals surface area contributed by atoms with Crippen molar-refractivity contribution in [2.75, 3.05) is 40.2 Å². The van der Waals surface area contributed by atoms with E-state index in [9.17, 15) is 29.7 Å². The van der Waals surface area contributed by atoms with Gasteiger partial charge in [0.05, 0.1) is 18.7 Å². The normalized spacial score (nSPS) is 28.5. The molecule has 4 atom stereocenters. The maximum absolute atomic E-state index is 13.9. The molecule has 3 aliphatic carbocycles. The summed E-state index contributed by atoms with van der Waals surface area (Å²) < 4.78 is 5.46. The number of methoxy groups -OCH3 is 1. The van der Waals surface area contributed by atoms with Crippen LogP contribution >= 0.6 is 0 Å². The molecule has 1 aromatic rings. The Morgan fingerprint density at radius 3 is 2.32 bits per heavy atom. The summed E-state index contributed by atoms with van der Waals surface area (Å²) in [5.74, 6) is -4.64. The second kappa shape index (κ2) is 7.95. The second-order valence-corrected chi connectivity index (χ2v) is 9.69. The number of likely N-dealkylation sites (N-methyl/N-ethyl adjacent to an activating group) is 1. The van der Waals surface area contributed by atoms with Crippen LogP contribution in [-0.4, -0.2) is 84.5 Å². The third kappa shape index (κ3) is 3.03. The molecule has 0 aromatic heterocycles. The average molecular weight is 471 g/mol. The SMILES string of the molecule is COc1ccc(N(C)C)c2c1C(O)=C1C(=O)[C@]3(O)C(O)=C(C(C)=O)C(=O)[C@@H](N(C)C)[C@@H]3CC1C2. The Balaban J connectivity index is 2.00. The van der Waals surface area contributed by atoms with Crippen molar-refractivity contribution < 1.29 is 34.4 Å². The Kier molecular flexibility index (Phi) is 5.61. The standard InChI is InChI=1S/C25H30N2O7/c1-11(28)17-22(30)20(27(4)5)14-10-12-9-13-15(26(2)3)7-8-16(34-6)19(13)21(29)18(12)24(32)25(14,33)23(17)31/h7-8,12,14,20,29,31,33H,9-10H2,1-6H3/t12?,14-,20-,25+/m0/s1. The topological polar surface area (TPSA) is 128 Å². The number of ether oxygens (including phenoxy) is 1. The molecule has 3 aliphatic rings. The average Bonchev–Trinajstić information content (AvgIpc) is 2.74. The van der Waals surface area contributed by atoms with Gasteiger partial charge in [-0.05, 0) is 57.5 Å². The monoisotopic (exact) mass is 470 g/mol. The first-order chi connectivity index (χ1) is 15.9. The third-order valence-electron chi connectivity index (χ3n) is 7.37. The fourth-order valence-electron chi connectivity index (χ4n) is 5.91. The van der Waals surface area contributed by atoms with Crippen LogP contribution in [0.1, 0.15) is 24.5 Å². The molecule has 1 saturated carbocycles. The summed E-state index contributed by atoms with van der Waals surface area (Å²) in [7, 11) is 8.46. The van der Waals surface area contributed by atoms with E-state index in [1.165, 1.54) is 7.11 Å². The minimum absolute atomic E-state index is 0.0261. The molecule has 4 rings (SSSR count). The lowest BCUT2D eigenvalue weighted by Gasteiger charge is -2.50. The molecule has 0 radical (unpaired) electrons. The molecule has 182 valence electrons. The fourth-order valence-corrected chi connectivity index (χ4v) is 5.91. The molecule has 1 unspecified atom stereocenters. The van der Waals surface area contributed by atoms with Gasteiger partial charge in [-0.15, -0.1) is 0 Å². The quantitative estimate of drug-likeness (QED) is 0.560. The molecular weight excluding hydrogens is 440 g/mol. The summed E-state index contributed by atoms with van der Waals surface area (Å²) in [5.41, 5.74) is -1.11. The number of aliphatic hydroxyl groups is 3. The second-order valence-electron chi connectivity index (χ2n) is 9.69. The third-order valence-corrected chi connectivity index (χ3v) is 7.37. The van der Waals surface area contributed by atoms with E-state index in [-0.39, 0.29) is 17.8 Å². The lowest BCUT2D eigenvalue weighted by atomic mass is 9.57. The van der Waals surface area contributed by atoms with E-state index in [0.717, 1.165) is 18.2 Å². The Hall–Kier alpha value is -3.17. The summed E-state index contributed by atoms with van der Waals surface area (Å²) in [5, 5.41) is 34.0. The largest absolute Gasteiger partial charge is 0.508 e. The molecule has 1 aromatic carbocycles. The number of ketones is 3. The summed E-state index contributed by atoms with van der Waals surface area (Å²) in [4.78, 5) is 42.7. The Labute approximate surface area is 197 Å². The van der Waals surface area contributed by atoms with E-state index in [2.05, 4.69) is 0 Å². The molecule has 0 heterocycles. The van der Waals surface area contributed by atoms with Gasteiger partial charge in [-0.1, -0.05) is 0 Å². The van der Waals surface area contributed by atoms with Gasteiger partial charge < -0.3 is 25.0 Å². The van der Waals surface area contributed by atoms with E-state index < -0.39 is 52.2 Å². The van der Waals surface area contributed by atoms with Gasteiger partial charge in [0.2, 0.25) is 5.78 Å².